The lowest BCUT2D eigenvalue weighted by Gasteiger charge is -2.15. The van der Waals surface area contributed by atoms with E-state index in [0.29, 0.717) is 0 Å². The van der Waals surface area contributed by atoms with Crippen LogP contribution in [-0.2, 0) is 5.92 Å². The van der Waals surface area contributed by atoms with Gasteiger partial charge in [0.25, 0.3) is 0 Å². The summed E-state index contributed by atoms with van der Waals surface area (Å²) < 4.78 is 31.6. The van der Waals surface area contributed by atoms with Gasteiger partial charge < -0.3 is 9.84 Å². The first-order valence-corrected chi connectivity index (χ1v) is 4.57. The summed E-state index contributed by atoms with van der Waals surface area (Å²) in [7, 11) is 1.29. The number of methoxy groups -OCH3 is 1. The molecule has 0 saturated carbocycles. The molecule has 86 valence electrons. The lowest BCUT2D eigenvalue weighted by atomic mass is 10.1. The molecule has 0 aromatic heterocycles. The van der Waals surface area contributed by atoms with Crippen molar-refractivity contribution in [3.05, 3.63) is 40.2 Å². The Labute approximate surface area is 96.0 Å². The summed E-state index contributed by atoms with van der Waals surface area (Å²) in [6.07, 6.45) is -2.42. The molecule has 0 radical (unpaired) electrons. The largest absolute Gasteiger partial charge is 0.495 e. The molecule has 0 fully saturated rings. The first kappa shape index (κ1) is 12.7. The normalized spacial score (nSPS) is 13.0. The van der Waals surface area contributed by atoms with Crippen molar-refractivity contribution in [2.24, 2.45) is 0 Å². The zero-order valence-corrected chi connectivity index (χ0v) is 9.00. The molecular formula is C10H8ClF2NO2. The molecule has 0 saturated heterocycles. The average Bonchev–Trinajstić information content (AvgIpc) is 2.28. The molecule has 0 amide bonds. The Kier molecular flexibility index (Phi) is 3.68. The van der Waals surface area contributed by atoms with Gasteiger partial charge in [0.1, 0.15) is 5.75 Å². The number of aliphatic hydroxyl groups is 1. The monoisotopic (exact) mass is 247 g/mol. The molecule has 0 heterocycles. The Hall–Kier alpha value is -1.38. The van der Waals surface area contributed by atoms with Crippen LogP contribution in [0.2, 0.25) is 5.02 Å². The summed E-state index contributed by atoms with van der Waals surface area (Å²) in [4.78, 5) is 2.40. The van der Waals surface area contributed by atoms with Crippen molar-refractivity contribution in [2.45, 2.75) is 12.2 Å². The fourth-order valence-electron chi connectivity index (χ4n) is 1.10. The number of aliphatic hydroxyl groups excluding tert-OH is 1. The second kappa shape index (κ2) is 4.64. The number of rotatable bonds is 3. The molecule has 1 rings (SSSR count). The zero-order valence-electron chi connectivity index (χ0n) is 8.25. The number of ether oxygens (including phenoxy) is 1. The summed E-state index contributed by atoms with van der Waals surface area (Å²) in [6, 6.07) is 3.26. The van der Waals surface area contributed by atoms with Gasteiger partial charge >= 0.3 is 12.2 Å². The van der Waals surface area contributed by atoms with Crippen LogP contribution in [0, 0.1) is 6.57 Å². The predicted octanol–water partition coefficient (Wildman–Crippen LogP) is 2.68. The second-order valence-electron chi connectivity index (χ2n) is 2.98. The first-order valence-electron chi connectivity index (χ1n) is 4.20. The van der Waals surface area contributed by atoms with Crippen LogP contribution in [0.5, 0.6) is 5.75 Å². The quantitative estimate of drug-likeness (QED) is 0.834. The standard InChI is InChI=1S/C10H8ClF2NO2/c1-14-9(15)10(12,13)6-3-4-7(11)8(5-6)16-2/h3-5,9,15H,2H3. The van der Waals surface area contributed by atoms with Crippen LogP contribution in [0.4, 0.5) is 8.78 Å². The van der Waals surface area contributed by atoms with E-state index in [9.17, 15) is 8.78 Å². The van der Waals surface area contributed by atoms with Gasteiger partial charge in [-0.05, 0) is 12.1 Å². The molecule has 1 atom stereocenters. The second-order valence-corrected chi connectivity index (χ2v) is 3.38. The summed E-state index contributed by atoms with van der Waals surface area (Å²) in [5.41, 5.74) is -0.516. The fourth-order valence-corrected chi connectivity index (χ4v) is 1.29. The van der Waals surface area contributed by atoms with Gasteiger partial charge in [-0.2, -0.15) is 8.78 Å². The van der Waals surface area contributed by atoms with Gasteiger partial charge in [0.2, 0.25) is 0 Å². The van der Waals surface area contributed by atoms with E-state index in [1.165, 1.54) is 13.2 Å². The van der Waals surface area contributed by atoms with E-state index in [1.54, 1.807) is 0 Å². The third-order valence-electron chi connectivity index (χ3n) is 1.98. The molecule has 0 aliphatic rings. The van der Waals surface area contributed by atoms with Crippen LogP contribution < -0.4 is 4.74 Å². The predicted molar refractivity (Wildman–Crippen MR) is 54.5 cm³/mol. The van der Waals surface area contributed by atoms with Crippen LogP contribution in [0.15, 0.2) is 18.2 Å². The molecule has 0 bridgehead atoms. The Balaban J connectivity index is 3.19. The van der Waals surface area contributed by atoms with Crippen LogP contribution in [0.3, 0.4) is 0 Å². The van der Waals surface area contributed by atoms with E-state index in [-0.39, 0.29) is 10.8 Å². The smallest absolute Gasteiger partial charge is 0.393 e. The van der Waals surface area contributed by atoms with Crippen molar-refractivity contribution in [1.29, 1.82) is 0 Å². The summed E-state index contributed by atoms with van der Waals surface area (Å²) >= 11 is 5.67. The Morgan fingerprint density at radius 1 is 1.56 bits per heavy atom. The molecule has 0 aliphatic heterocycles. The highest BCUT2D eigenvalue weighted by atomic mass is 35.5. The van der Waals surface area contributed by atoms with Crippen molar-refractivity contribution in [2.75, 3.05) is 7.11 Å². The summed E-state index contributed by atoms with van der Waals surface area (Å²) in [6.45, 7) is 6.39. The topological polar surface area (TPSA) is 33.8 Å². The molecular weight excluding hydrogens is 240 g/mol. The lowest BCUT2D eigenvalue weighted by Crippen LogP contribution is -2.27. The average molecular weight is 248 g/mol. The Morgan fingerprint density at radius 3 is 2.69 bits per heavy atom. The molecule has 1 aromatic rings. The lowest BCUT2D eigenvalue weighted by molar-refractivity contribution is -0.0940. The maximum Gasteiger partial charge on any atom is 0.393 e. The highest BCUT2D eigenvalue weighted by Crippen LogP contribution is 2.36. The molecule has 1 N–H and O–H groups in total. The molecule has 1 unspecified atom stereocenters. The molecule has 16 heavy (non-hydrogen) atoms. The fraction of sp³-hybridized carbons (Fsp3) is 0.300. The minimum absolute atomic E-state index is 0.0658. The van der Waals surface area contributed by atoms with Gasteiger partial charge in [-0.1, -0.05) is 17.7 Å². The van der Waals surface area contributed by atoms with Crippen LogP contribution in [-0.4, -0.2) is 18.4 Å². The number of halogens is 3. The first-order chi connectivity index (χ1) is 7.43. The molecule has 6 heteroatoms. The molecule has 0 spiro atoms. The van der Waals surface area contributed by atoms with Crippen molar-refractivity contribution in [1.82, 2.24) is 0 Å². The Morgan fingerprint density at radius 2 is 2.19 bits per heavy atom. The van der Waals surface area contributed by atoms with Crippen molar-refractivity contribution in [3.63, 3.8) is 0 Å². The van der Waals surface area contributed by atoms with Crippen molar-refractivity contribution < 1.29 is 18.6 Å². The van der Waals surface area contributed by atoms with Gasteiger partial charge in [-0.25, -0.2) is 6.57 Å². The Bertz CT molecular complexity index is 431. The molecule has 3 nitrogen and oxygen atoms in total. The van der Waals surface area contributed by atoms with Gasteiger partial charge in [0, 0.05) is 5.56 Å². The SMILES string of the molecule is [C-]#[N+]C(O)C(F)(F)c1ccc(Cl)c(OC)c1. The molecule has 1 aromatic carbocycles. The highest BCUT2D eigenvalue weighted by molar-refractivity contribution is 6.32. The van der Waals surface area contributed by atoms with E-state index in [1.807, 2.05) is 0 Å². The summed E-state index contributed by atoms with van der Waals surface area (Å²) in [5, 5.41) is 9.07. The zero-order chi connectivity index (χ0) is 12.3. The van der Waals surface area contributed by atoms with Crippen LogP contribution >= 0.6 is 11.6 Å². The van der Waals surface area contributed by atoms with Gasteiger partial charge in [-0.3, -0.25) is 4.85 Å². The maximum absolute atomic E-state index is 13.4. The number of hydrogen-bond donors (Lipinski definition) is 1. The van der Waals surface area contributed by atoms with Gasteiger partial charge in [-0.15, -0.1) is 0 Å². The van der Waals surface area contributed by atoms with E-state index >= 15 is 0 Å². The number of benzene rings is 1. The van der Waals surface area contributed by atoms with E-state index in [4.69, 9.17) is 28.0 Å². The number of alkyl halides is 2. The number of hydrogen-bond acceptors (Lipinski definition) is 2. The third kappa shape index (κ3) is 2.23. The van der Waals surface area contributed by atoms with E-state index < -0.39 is 17.7 Å². The minimum atomic E-state index is -3.65. The van der Waals surface area contributed by atoms with E-state index in [0.717, 1.165) is 12.1 Å². The maximum atomic E-state index is 13.4. The third-order valence-corrected chi connectivity index (χ3v) is 2.29. The van der Waals surface area contributed by atoms with Crippen LogP contribution in [0.1, 0.15) is 5.56 Å². The number of nitrogens with zero attached hydrogens (tertiary/aromatic N) is 1. The highest BCUT2D eigenvalue weighted by Gasteiger charge is 2.46. The minimum Gasteiger partial charge on any atom is -0.495 e. The van der Waals surface area contributed by atoms with Gasteiger partial charge in [0.05, 0.1) is 12.1 Å². The molecule has 0 aliphatic carbocycles. The summed E-state index contributed by atoms with van der Waals surface area (Å²) in [5.74, 6) is -3.59. The van der Waals surface area contributed by atoms with Crippen LogP contribution in [0.25, 0.3) is 4.85 Å². The van der Waals surface area contributed by atoms with Crippen molar-refractivity contribution in [3.8, 4) is 5.75 Å². The van der Waals surface area contributed by atoms with Crippen molar-refractivity contribution >= 4 is 11.6 Å². The van der Waals surface area contributed by atoms with E-state index in [2.05, 4.69) is 4.85 Å². The van der Waals surface area contributed by atoms with Gasteiger partial charge in [0.15, 0.2) is 0 Å².